The SMILES string of the molecule is Cc1nnc(Sc2ccc(C=O)cc2F)o1. The van der Waals surface area contributed by atoms with Crippen molar-refractivity contribution in [1.29, 1.82) is 0 Å². The number of hydrogen-bond donors (Lipinski definition) is 0. The van der Waals surface area contributed by atoms with Crippen molar-refractivity contribution in [2.24, 2.45) is 0 Å². The summed E-state index contributed by atoms with van der Waals surface area (Å²) in [7, 11) is 0. The molecule has 0 bridgehead atoms. The molecule has 0 fully saturated rings. The van der Waals surface area contributed by atoms with E-state index in [0.29, 0.717) is 22.6 Å². The van der Waals surface area contributed by atoms with E-state index in [0.717, 1.165) is 11.8 Å². The number of carbonyl (C=O) groups excluding carboxylic acids is 1. The lowest BCUT2D eigenvalue weighted by molar-refractivity contribution is 0.112. The predicted octanol–water partition coefficient (Wildman–Crippen LogP) is 2.48. The number of rotatable bonds is 3. The Morgan fingerprint density at radius 3 is 2.81 bits per heavy atom. The Morgan fingerprint density at radius 1 is 1.44 bits per heavy atom. The van der Waals surface area contributed by atoms with E-state index in [-0.39, 0.29) is 5.22 Å². The van der Waals surface area contributed by atoms with E-state index < -0.39 is 5.82 Å². The first-order valence-corrected chi connectivity index (χ1v) is 5.23. The fraction of sp³-hybridized carbons (Fsp3) is 0.100. The molecule has 6 heteroatoms. The average Bonchev–Trinajstić information content (AvgIpc) is 2.67. The molecule has 82 valence electrons. The third-order valence-corrected chi connectivity index (χ3v) is 2.69. The number of aldehydes is 1. The second-order valence-electron chi connectivity index (χ2n) is 3.00. The van der Waals surface area contributed by atoms with Gasteiger partial charge < -0.3 is 4.42 Å². The molecule has 4 nitrogen and oxygen atoms in total. The predicted molar refractivity (Wildman–Crippen MR) is 54.9 cm³/mol. The molecule has 2 aromatic rings. The van der Waals surface area contributed by atoms with Crippen molar-refractivity contribution in [1.82, 2.24) is 10.2 Å². The highest BCUT2D eigenvalue weighted by Gasteiger charge is 2.09. The van der Waals surface area contributed by atoms with Crippen LogP contribution in [0.25, 0.3) is 0 Å². The van der Waals surface area contributed by atoms with E-state index in [1.807, 2.05) is 0 Å². The Morgan fingerprint density at radius 2 is 2.25 bits per heavy atom. The van der Waals surface area contributed by atoms with Crippen LogP contribution in [0.1, 0.15) is 16.2 Å². The highest BCUT2D eigenvalue weighted by Crippen LogP contribution is 2.28. The maximum Gasteiger partial charge on any atom is 0.281 e. The van der Waals surface area contributed by atoms with Crippen molar-refractivity contribution < 1.29 is 13.6 Å². The number of halogens is 1. The molecule has 0 N–H and O–H groups in total. The number of hydrogen-bond acceptors (Lipinski definition) is 5. The zero-order valence-corrected chi connectivity index (χ0v) is 9.12. The van der Waals surface area contributed by atoms with Gasteiger partial charge in [-0.2, -0.15) is 0 Å². The van der Waals surface area contributed by atoms with Crippen LogP contribution in [0.5, 0.6) is 0 Å². The summed E-state index contributed by atoms with van der Waals surface area (Å²) >= 11 is 1.02. The Labute approximate surface area is 94.9 Å². The summed E-state index contributed by atoms with van der Waals surface area (Å²) < 4.78 is 18.6. The lowest BCUT2D eigenvalue weighted by atomic mass is 10.2. The number of benzene rings is 1. The third-order valence-electron chi connectivity index (χ3n) is 1.80. The fourth-order valence-corrected chi connectivity index (χ4v) is 1.81. The maximum absolute atomic E-state index is 13.5. The van der Waals surface area contributed by atoms with Gasteiger partial charge in [0, 0.05) is 12.5 Å². The Hall–Kier alpha value is -1.69. The van der Waals surface area contributed by atoms with Crippen LogP contribution in [-0.2, 0) is 0 Å². The van der Waals surface area contributed by atoms with Gasteiger partial charge in [0.2, 0.25) is 5.89 Å². The van der Waals surface area contributed by atoms with Gasteiger partial charge in [0.25, 0.3) is 5.22 Å². The number of nitrogens with zero attached hydrogens (tertiary/aromatic N) is 2. The molecule has 0 spiro atoms. The third kappa shape index (κ3) is 2.27. The molecule has 0 atom stereocenters. The van der Waals surface area contributed by atoms with Crippen molar-refractivity contribution in [3.8, 4) is 0 Å². The molecule has 1 aromatic carbocycles. The van der Waals surface area contributed by atoms with E-state index in [4.69, 9.17) is 4.42 Å². The number of aryl methyl sites for hydroxylation is 1. The highest BCUT2D eigenvalue weighted by molar-refractivity contribution is 7.99. The maximum atomic E-state index is 13.5. The highest BCUT2D eigenvalue weighted by atomic mass is 32.2. The van der Waals surface area contributed by atoms with Crippen molar-refractivity contribution >= 4 is 18.0 Å². The van der Waals surface area contributed by atoms with Crippen LogP contribution < -0.4 is 0 Å². The van der Waals surface area contributed by atoms with Crippen molar-refractivity contribution in [2.45, 2.75) is 17.0 Å². The van der Waals surface area contributed by atoms with E-state index in [9.17, 15) is 9.18 Å². The average molecular weight is 238 g/mol. The summed E-state index contributed by atoms with van der Waals surface area (Å²) in [6.45, 7) is 1.66. The zero-order valence-electron chi connectivity index (χ0n) is 8.31. The van der Waals surface area contributed by atoms with E-state index in [2.05, 4.69) is 10.2 Å². The summed E-state index contributed by atoms with van der Waals surface area (Å²) in [5.41, 5.74) is 0.295. The van der Waals surface area contributed by atoms with Gasteiger partial charge >= 0.3 is 0 Å². The molecule has 0 radical (unpaired) electrons. The van der Waals surface area contributed by atoms with Crippen LogP contribution in [0.15, 0.2) is 32.7 Å². The number of aromatic nitrogens is 2. The summed E-state index contributed by atoms with van der Waals surface area (Å²) in [4.78, 5) is 10.8. The minimum absolute atomic E-state index is 0.273. The smallest absolute Gasteiger partial charge is 0.281 e. The molecule has 0 aliphatic heterocycles. The molecule has 1 aromatic heterocycles. The van der Waals surface area contributed by atoms with E-state index in [1.165, 1.54) is 18.2 Å². The Bertz CT molecular complexity index is 527. The van der Waals surface area contributed by atoms with Gasteiger partial charge in [-0.15, -0.1) is 10.2 Å². The first-order valence-electron chi connectivity index (χ1n) is 4.42. The largest absolute Gasteiger partial charge is 0.416 e. The summed E-state index contributed by atoms with van der Waals surface area (Å²) in [6, 6.07) is 4.20. The molecule has 0 aliphatic carbocycles. The van der Waals surface area contributed by atoms with Crippen LogP contribution in [0, 0.1) is 12.7 Å². The van der Waals surface area contributed by atoms with Crippen LogP contribution in [0.2, 0.25) is 0 Å². The quantitative estimate of drug-likeness (QED) is 0.769. The monoisotopic (exact) mass is 238 g/mol. The van der Waals surface area contributed by atoms with Gasteiger partial charge in [0.15, 0.2) is 0 Å². The molecule has 16 heavy (non-hydrogen) atoms. The molecule has 2 rings (SSSR count). The Kier molecular flexibility index (Phi) is 3.00. The second-order valence-corrected chi connectivity index (χ2v) is 3.99. The van der Waals surface area contributed by atoms with Gasteiger partial charge in [-0.3, -0.25) is 4.79 Å². The molecule has 0 saturated carbocycles. The normalized spacial score (nSPS) is 10.4. The standard InChI is InChI=1S/C10H7FN2O2S/c1-6-12-13-10(15-6)16-9-3-2-7(5-14)4-8(9)11/h2-5H,1H3. The first kappa shape index (κ1) is 10.8. The summed E-state index contributed by atoms with van der Waals surface area (Å²) in [5.74, 6) is -0.0575. The van der Waals surface area contributed by atoms with Crippen molar-refractivity contribution in [3.63, 3.8) is 0 Å². The Balaban J connectivity index is 2.25. The van der Waals surface area contributed by atoms with Gasteiger partial charge in [-0.25, -0.2) is 4.39 Å². The van der Waals surface area contributed by atoms with Gasteiger partial charge in [-0.05, 0) is 23.9 Å². The number of carbonyl (C=O) groups is 1. The first-order chi connectivity index (χ1) is 7.69. The molecular formula is C10H7FN2O2S. The van der Waals surface area contributed by atoms with Crippen molar-refractivity contribution in [3.05, 3.63) is 35.5 Å². The minimum Gasteiger partial charge on any atom is -0.416 e. The van der Waals surface area contributed by atoms with Crippen LogP contribution >= 0.6 is 11.8 Å². The van der Waals surface area contributed by atoms with Gasteiger partial charge in [0.05, 0.1) is 4.90 Å². The second kappa shape index (κ2) is 4.44. The van der Waals surface area contributed by atoms with Crippen molar-refractivity contribution in [2.75, 3.05) is 0 Å². The molecule has 1 heterocycles. The zero-order chi connectivity index (χ0) is 11.5. The topological polar surface area (TPSA) is 56.0 Å². The minimum atomic E-state index is -0.481. The molecule has 0 aliphatic rings. The summed E-state index contributed by atoms with van der Waals surface area (Å²) in [5, 5.41) is 7.64. The van der Waals surface area contributed by atoms with Crippen LogP contribution in [0.4, 0.5) is 4.39 Å². The molecule has 0 unspecified atom stereocenters. The van der Waals surface area contributed by atoms with E-state index >= 15 is 0 Å². The lowest BCUT2D eigenvalue weighted by Gasteiger charge is -1.99. The molecular weight excluding hydrogens is 231 g/mol. The fourth-order valence-electron chi connectivity index (χ4n) is 1.09. The van der Waals surface area contributed by atoms with Gasteiger partial charge in [0.1, 0.15) is 12.1 Å². The molecule has 0 amide bonds. The lowest BCUT2D eigenvalue weighted by Crippen LogP contribution is -1.85. The van der Waals surface area contributed by atoms with Crippen LogP contribution in [0.3, 0.4) is 0 Å². The van der Waals surface area contributed by atoms with E-state index in [1.54, 1.807) is 6.92 Å². The summed E-state index contributed by atoms with van der Waals surface area (Å²) in [6.07, 6.45) is 0.592. The van der Waals surface area contributed by atoms with Gasteiger partial charge in [-0.1, -0.05) is 6.07 Å². The molecule has 0 saturated heterocycles. The van der Waals surface area contributed by atoms with Crippen LogP contribution in [-0.4, -0.2) is 16.5 Å².